The van der Waals surface area contributed by atoms with Crippen molar-refractivity contribution < 1.29 is 39.5 Å². The van der Waals surface area contributed by atoms with E-state index in [2.05, 4.69) is 30.5 Å². The molecule has 3 aromatic carbocycles. The van der Waals surface area contributed by atoms with Gasteiger partial charge >= 0.3 is 6.03 Å². The van der Waals surface area contributed by atoms with Crippen molar-refractivity contribution in [2.75, 3.05) is 52.3 Å². The first kappa shape index (κ1) is 65.3. The first-order valence-corrected chi connectivity index (χ1v) is 29.0. The highest BCUT2D eigenvalue weighted by Gasteiger charge is 2.24. The van der Waals surface area contributed by atoms with Crippen LogP contribution in [0.4, 0.5) is 29.3 Å². The number of carbonyl (C=O) groups is 1. The summed E-state index contributed by atoms with van der Waals surface area (Å²) in [5.74, 6) is -0.591. The third-order valence-electron chi connectivity index (χ3n) is 12.1. The normalized spacial score (nSPS) is 11.3. The number of rotatable bonds is 17. The van der Waals surface area contributed by atoms with Gasteiger partial charge in [-0.15, -0.1) is 5.26 Å². The number of primary sulfonamides is 1. The number of ether oxygens (including phenoxy) is 1. The number of halogens is 3. The zero-order valence-corrected chi connectivity index (χ0v) is 49.4. The Balaban J connectivity index is 0.000000216. The fraction of sp³-hybridized carbons (Fsp3) is 0.293. The number of anilines is 2. The van der Waals surface area contributed by atoms with Crippen LogP contribution in [0.2, 0.25) is 0 Å². The van der Waals surface area contributed by atoms with Crippen molar-refractivity contribution in [1.29, 1.82) is 5.26 Å². The van der Waals surface area contributed by atoms with Crippen LogP contribution in [0.25, 0.3) is 33.4 Å². The summed E-state index contributed by atoms with van der Waals surface area (Å²) in [5, 5.41) is 23.8. The molecule has 0 saturated heterocycles. The summed E-state index contributed by atoms with van der Waals surface area (Å²) in [7, 11) is -0.214. The van der Waals surface area contributed by atoms with Crippen molar-refractivity contribution in [2.45, 2.75) is 82.4 Å². The molecule has 0 fully saturated rings. The van der Waals surface area contributed by atoms with Crippen molar-refractivity contribution in [3.8, 4) is 45.4 Å². The molecule has 0 aliphatic rings. The van der Waals surface area contributed by atoms with Crippen LogP contribution in [0.15, 0.2) is 145 Å². The number of sulfonamides is 2. The van der Waals surface area contributed by atoms with Gasteiger partial charge in [-0.25, -0.2) is 36.2 Å². The van der Waals surface area contributed by atoms with Gasteiger partial charge in [0.05, 0.1) is 18.8 Å². The highest BCUT2D eigenvalue weighted by molar-refractivity contribution is 7.90. The molecular formula is C58H69F3N14O6S2. The third-order valence-corrected chi connectivity index (χ3v) is 14.2. The van der Waals surface area contributed by atoms with Crippen LogP contribution in [0.3, 0.4) is 0 Å². The molecule has 0 spiro atoms. The number of amides is 2. The molecule has 440 valence electrons. The number of nitriles is 1. The minimum absolute atomic E-state index is 0.0504. The van der Waals surface area contributed by atoms with Crippen LogP contribution in [-0.2, 0) is 33.1 Å². The first-order chi connectivity index (χ1) is 39.2. The number of nitrogen functional groups attached to an aromatic ring is 1. The minimum atomic E-state index is -4.21. The standard InChI is InChI=1S/C22H27FN6O3S.C15H13FN2O.C14H15FN2.C7H14N4O2S/c1-15(2)18-12-17(23)13-19(16-6-5-8-24-14-16)21(18)25-22(30)27-33(31,32)20-7-9-29(26-20)11-10-28(3)4;1-10(2)13-6-12(16)7-14(15(13)19-9-17)11-4-3-5-18-8-11;1-9(2)12-6-11(15)7-13(14(12)16)10-4-3-5-17-8-10;1-10(2)5-6-11-4-3-7(9-11)14(8,12)13/h5-9,12-15H,10-11H2,1-4H3,(H2,25,27,30);3-8,10H,1-2H3;3-9H,16H2,1-2H3;3-4H,5-6H2,1-2H3,(H2,8,12,13). The van der Waals surface area contributed by atoms with Gasteiger partial charge in [0.25, 0.3) is 26.3 Å². The SMILES string of the molecule is CC(C)c1cc(F)cc(-c2cccnc2)c1N.CC(C)c1cc(F)cc(-c2cccnc2)c1NC(=O)NS(=O)(=O)c1ccn(CCN(C)C)n1.CC(C)c1cc(F)cc(-c2cccnc2)c1OC#N.CN(C)CCn1ccc(S(N)(=O)=O)n1. The molecule has 8 rings (SSSR count). The van der Waals surface area contributed by atoms with Crippen LogP contribution in [0.1, 0.15) is 76.0 Å². The van der Waals surface area contributed by atoms with Crippen molar-refractivity contribution in [2.24, 2.45) is 5.14 Å². The number of nitrogens with one attached hydrogen (secondary N) is 2. The zero-order valence-electron chi connectivity index (χ0n) is 47.8. The van der Waals surface area contributed by atoms with Crippen LogP contribution < -0.4 is 25.6 Å². The largest absolute Gasteiger partial charge is 0.398 e. The van der Waals surface area contributed by atoms with E-state index in [-0.39, 0.29) is 39.4 Å². The van der Waals surface area contributed by atoms with E-state index in [1.165, 1.54) is 59.4 Å². The topological polar surface area (TPSA) is 275 Å². The summed E-state index contributed by atoms with van der Waals surface area (Å²) in [6.07, 6.45) is 14.5. The maximum Gasteiger partial charge on any atom is 0.333 e. The molecule has 25 heteroatoms. The molecule has 0 bridgehead atoms. The Morgan fingerprint density at radius 1 is 0.639 bits per heavy atom. The van der Waals surface area contributed by atoms with Crippen LogP contribution in [0, 0.1) is 29.0 Å². The van der Waals surface area contributed by atoms with Gasteiger partial charge in [0, 0.05) is 107 Å². The molecule has 2 amide bonds. The predicted octanol–water partition coefficient (Wildman–Crippen LogP) is 9.84. The van der Waals surface area contributed by atoms with E-state index in [1.807, 2.05) is 96.4 Å². The van der Waals surface area contributed by atoms with Gasteiger partial charge < -0.3 is 25.6 Å². The van der Waals surface area contributed by atoms with E-state index in [9.17, 15) is 34.8 Å². The number of hydrogen-bond acceptors (Lipinski definition) is 15. The summed E-state index contributed by atoms with van der Waals surface area (Å²) < 4.78 is 98.9. The molecule has 0 aliphatic carbocycles. The lowest BCUT2D eigenvalue weighted by Gasteiger charge is -2.19. The molecule has 5 heterocycles. The van der Waals surface area contributed by atoms with Gasteiger partial charge in [0.2, 0.25) is 0 Å². The molecule has 8 aromatic rings. The number of carbonyl (C=O) groups excluding carboxylic acids is 1. The highest BCUT2D eigenvalue weighted by atomic mass is 32.2. The Labute approximate surface area is 483 Å². The monoisotopic (exact) mass is 1180 g/mol. The van der Waals surface area contributed by atoms with E-state index in [0.717, 1.165) is 17.7 Å². The van der Waals surface area contributed by atoms with Crippen molar-refractivity contribution in [3.63, 3.8) is 0 Å². The second-order valence-corrected chi connectivity index (χ2v) is 23.3. The maximum absolute atomic E-state index is 14.3. The van der Waals surface area contributed by atoms with Gasteiger partial charge in [-0.05, 0) is 124 Å². The molecule has 0 atom stereocenters. The fourth-order valence-corrected chi connectivity index (χ4v) is 9.26. The van der Waals surface area contributed by atoms with Crippen LogP contribution in [0.5, 0.6) is 5.75 Å². The number of hydrogen-bond donors (Lipinski definition) is 4. The first-order valence-electron chi connectivity index (χ1n) is 25.9. The number of urea groups is 1. The highest BCUT2D eigenvalue weighted by Crippen LogP contribution is 2.39. The number of aromatic nitrogens is 7. The average molecular weight is 1180 g/mol. The summed E-state index contributed by atoms with van der Waals surface area (Å²) >= 11 is 0. The molecule has 20 nitrogen and oxygen atoms in total. The second-order valence-electron chi connectivity index (χ2n) is 20.2. The minimum Gasteiger partial charge on any atom is -0.398 e. The number of nitrogens with zero attached hydrogens (tertiary/aromatic N) is 10. The van der Waals surface area contributed by atoms with E-state index < -0.39 is 31.9 Å². The Kier molecular flexibility index (Phi) is 23.6. The van der Waals surface area contributed by atoms with E-state index >= 15 is 0 Å². The zero-order chi connectivity index (χ0) is 61.2. The fourth-order valence-electron chi connectivity index (χ4n) is 7.94. The lowest BCUT2D eigenvalue weighted by Crippen LogP contribution is -2.35. The molecule has 0 aliphatic heterocycles. The lowest BCUT2D eigenvalue weighted by molar-refractivity contribution is 0.256. The smallest absolute Gasteiger partial charge is 0.333 e. The maximum atomic E-state index is 14.3. The van der Waals surface area contributed by atoms with Gasteiger partial charge in [0.15, 0.2) is 15.8 Å². The molecule has 0 saturated carbocycles. The molecule has 0 unspecified atom stereocenters. The number of nitrogens with two attached hydrogens (primary N) is 2. The van der Waals surface area contributed by atoms with Crippen molar-refractivity contribution in [3.05, 3.63) is 169 Å². The quantitative estimate of drug-likeness (QED) is 0.0488. The van der Waals surface area contributed by atoms with Gasteiger partial charge in [0.1, 0.15) is 17.5 Å². The van der Waals surface area contributed by atoms with Crippen LogP contribution in [-0.4, -0.2) is 108 Å². The van der Waals surface area contributed by atoms with Gasteiger partial charge in [-0.2, -0.15) is 18.6 Å². The van der Waals surface area contributed by atoms with E-state index in [4.69, 9.17) is 20.9 Å². The van der Waals surface area contributed by atoms with Gasteiger partial charge in [-0.3, -0.25) is 24.3 Å². The number of benzene rings is 3. The third kappa shape index (κ3) is 19.3. The van der Waals surface area contributed by atoms with Crippen molar-refractivity contribution >= 4 is 37.5 Å². The summed E-state index contributed by atoms with van der Waals surface area (Å²) in [6, 6.07) is 20.7. The molecule has 5 aromatic heterocycles. The molecular weight excluding hydrogens is 1110 g/mol. The number of pyridine rings is 3. The average Bonchev–Trinajstić information content (AvgIpc) is 4.36. The molecule has 0 radical (unpaired) electrons. The van der Waals surface area contributed by atoms with Gasteiger partial charge in [-0.1, -0.05) is 59.7 Å². The summed E-state index contributed by atoms with van der Waals surface area (Å²) in [5.41, 5.74) is 12.8. The Morgan fingerprint density at radius 2 is 1.06 bits per heavy atom. The van der Waals surface area contributed by atoms with E-state index in [0.29, 0.717) is 75.7 Å². The molecule has 6 N–H and O–H groups in total. The second kappa shape index (κ2) is 30.0. The van der Waals surface area contributed by atoms with Crippen molar-refractivity contribution in [1.82, 2.24) is 49.0 Å². The Hall–Kier alpha value is -8.54. The number of likely N-dealkylation sites (N-methyl/N-ethyl adjacent to an activating group) is 2. The summed E-state index contributed by atoms with van der Waals surface area (Å²) in [4.78, 5) is 28.7. The van der Waals surface area contributed by atoms with E-state index in [1.54, 1.807) is 78.6 Å². The lowest BCUT2D eigenvalue weighted by atomic mass is 9.94. The Morgan fingerprint density at radius 3 is 1.49 bits per heavy atom. The van der Waals surface area contributed by atoms with Crippen LogP contribution >= 0.6 is 0 Å². The summed E-state index contributed by atoms with van der Waals surface area (Å²) in [6.45, 7) is 14.2. The Bertz CT molecular complexity index is 3690. The predicted molar refractivity (Wildman–Crippen MR) is 314 cm³/mol. The molecule has 83 heavy (non-hydrogen) atoms.